The Bertz CT molecular complexity index is 435. The van der Waals surface area contributed by atoms with Crippen molar-refractivity contribution >= 4 is 21.7 Å². The minimum absolute atomic E-state index is 0.264. The fourth-order valence-electron chi connectivity index (χ4n) is 2.45. The van der Waals surface area contributed by atoms with E-state index in [1.54, 1.807) is 0 Å². The summed E-state index contributed by atoms with van der Waals surface area (Å²) >= 11 is 3.55. The Hall–Kier alpha value is -0.630. The lowest BCUT2D eigenvalue weighted by molar-refractivity contribution is 0.0967. The second kappa shape index (κ2) is 5.34. The lowest BCUT2D eigenvalue weighted by atomic mass is 9.89. The van der Waals surface area contributed by atoms with Crippen LogP contribution in [0.4, 0.5) is 0 Å². The van der Waals surface area contributed by atoms with Crippen LogP contribution < -0.4 is 0 Å². The molecule has 0 atom stereocenters. The predicted octanol–water partition coefficient (Wildman–Crippen LogP) is 4.56. The molecule has 0 bridgehead atoms. The monoisotopic (exact) mass is 294 g/mol. The Morgan fingerprint density at radius 1 is 1.24 bits per heavy atom. The normalized spacial score (nSPS) is 14.8. The second-order valence-corrected chi connectivity index (χ2v) is 6.18. The van der Waals surface area contributed by atoms with Gasteiger partial charge in [-0.2, -0.15) is 0 Å². The summed E-state index contributed by atoms with van der Waals surface area (Å²) in [6.45, 7) is 4.18. The molecule has 0 unspecified atom stereocenters. The number of Topliss-reactive ketones (excluding diaryl/α,β-unsaturated/α-hetero) is 1. The molecule has 0 saturated carbocycles. The number of aryl methyl sites for hydroxylation is 2. The van der Waals surface area contributed by atoms with Crippen LogP contribution in [0.15, 0.2) is 16.6 Å². The van der Waals surface area contributed by atoms with E-state index in [0.717, 1.165) is 22.9 Å². The first kappa shape index (κ1) is 12.8. The first-order valence-electron chi connectivity index (χ1n) is 6.42. The summed E-state index contributed by atoms with van der Waals surface area (Å²) in [5.41, 5.74) is 3.68. The number of ketones is 1. The first-order chi connectivity index (χ1) is 8.08. The van der Waals surface area contributed by atoms with Crippen LogP contribution in [0.3, 0.4) is 0 Å². The van der Waals surface area contributed by atoms with E-state index < -0.39 is 0 Å². The zero-order chi connectivity index (χ0) is 12.4. The van der Waals surface area contributed by atoms with Crippen molar-refractivity contribution in [3.63, 3.8) is 0 Å². The number of carbonyl (C=O) groups excluding carboxylic acids is 1. The van der Waals surface area contributed by atoms with E-state index in [4.69, 9.17) is 0 Å². The molecule has 17 heavy (non-hydrogen) atoms. The molecule has 92 valence electrons. The van der Waals surface area contributed by atoms with Crippen molar-refractivity contribution in [1.29, 1.82) is 0 Å². The smallest absolute Gasteiger partial charge is 0.164 e. The van der Waals surface area contributed by atoms with Crippen LogP contribution in [0.1, 0.15) is 54.6 Å². The molecule has 1 aliphatic carbocycles. The van der Waals surface area contributed by atoms with Crippen molar-refractivity contribution in [2.45, 2.75) is 46.0 Å². The molecule has 0 spiro atoms. The molecule has 0 amide bonds. The molecule has 1 aromatic rings. The summed E-state index contributed by atoms with van der Waals surface area (Å²) in [4.78, 5) is 12.1. The van der Waals surface area contributed by atoms with Gasteiger partial charge in [-0.25, -0.2) is 0 Å². The van der Waals surface area contributed by atoms with Gasteiger partial charge in [0.1, 0.15) is 0 Å². The van der Waals surface area contributed by atoms with Crippen molar-refractivity contribution < 1.29 is 4.79 Å². The first-order valence-corrected chi connectivity index (χ1v) is 7.21. The maximum atomic E-state index is 12.1. The lowest BCUT2D eigenvalue weighted by Crippen LogP contribution is -2.09. The van der Waals surface area contributed by atoms with E-state index in [1.807, 2.05) is 0 Å². The minimum atomic E-state index is 0.264. The van der Waals surface area contributed by atoms with E-state index >= 15 is 0 Å². The van der Waals surface area contributed by atoms with Gasteiger partial charge in [0.25, 0.3) is 0 Å². The van der Waals surface area contributed by atoms with E-state index in [9.17, 15) is 4.79 Å². The maximum Gasteiger partial charge on any atom is 0.164 e. The Balaban J connectivity index is 2.31. The Kier molecular flexibility index (Phi) is 4.03. The average Bonchev–Trinajstić information content (AvgIpc) is 2.27. The summed E-state index contributed by atoms with van der Waals surface area (Å²) in [6.07, 6.45) is 5.46. The average molecular weight is 295 g/mol. The number of halogens is 1. The van der Waals surface area contributed by atoms with Crippen molar-refractivity contribution in [2.24, 2.45) is 5.92 Å². The van der Waals surface area contributed by atoms with Gasteiger partial charge in [0.15, 0.2) is 5.78 Å². The van der Waals surface area contributed by atoms with Crippen LogP contribution in [0.2, 0.25) is 0 Å². The van der Waals surface area contributed by atoms with E-state index in [-0.39, 0.29) is 5.78 Å². The van der Waals surface area contributed by atoms with Crippen molar-refractivity contribution in [1.82, 2.24) is 0 Å². The molecule has 0 N–H and O–H groups in total. The third-order valence-electron chi connectivity index (χ3n) is 3.33. The van der Waals surface area contributed by atoms with Gasteiger partial charge in [-0.1, -0.05) is 29.8 Å². The highest BCUT2D eigenvalue weighted by molar-refractivity contribution is 9.10. The van der Waals surface area contributed by atoms with Crippen LogP contribution in [0.25, 0.3) is 0 Å². The molecule has 1 aliphatic rings. The summed E-state index contributed by atoms with van der Waals surface area (Å²) in [5.74, 6) is 0.686. The van der Waals surface area contributed by atoms with Gasteiger partial charge in [0, 0.05) is 16.5 Å². The molecule has 0 aromatic heterocycles. The summed E-state index contributed by atoms with van der Waals surface area (Å²) < 4.78 is 0.976. The fraction of sp³-hybridized carbons (Fsp3) is 0.533. The van der Waals surface area contributed by atoms with Gasteiger partial charge >= 0.3 is 0 Å². The van der Waals surface area contributed by atoms with Crippen LogP contribution in [-0.2, 0) is 12.8 Å². The van der Waals surface area contributed by atoms with Crippen LogP contribution in [0.5, 0.6) is 0 Å². The maximum absolute atomic E-state index is 12.1. The number of hydrogen-bond donors (Lipinski definition) is 0. The molecule has 1 aromatic carbocycles. The highest BCUT2D eigenvalue weighted by Gasteiger charge is 2.17. The van der Waals surface area contributed by atoms with Gasteiger partial charge in [-0.15, -0.1) is 0 Å². The van der Waals surface area contributed by atoms with Crippen molar-refractivity contribution in [3.8, 4) is 0 Å². The molecule has 0 heterocycles. The van der Waals surface area contributed by atoms with Gasteiger partial charge in [-0.05, 0) is 54.9 Å². The van der Waals surface area contributed by atoms with E-state index in [0.29, 0.717) is 12.3 Å². The molecular formula is C15H19BrO. The molecule has 0 saturated heterocycles. The van der Waals surface area contributed by atoms with E-state index in [2.05, 4.69) is 41.9 Å². The highest BCUT2D eigenvalue weighted by atomic mass is 79.9. The van der Waals surface area contributed by atoms with Crippen LogP contribution in [-0.4, -0.2) is 5.78 Å². The van der Waals surface area contributed by atoms with Gasteiger partial charge < -0.3 is 0 Å². The topological polar surface area (TPSA) is 17.1 Å². The summed E-state index contributed by atoms with van der Waals surface area (Å²) in [5, 5.41) is 0. The number of hydrogen-bond acceptors (Lipinski definition) is 1. The van der Waals surface area contributed by atoms with Crippen molar-refractivity contribution in [2.75, 3.05) is 0 Å². The van der Waals surface area contributed by atoms with Crippen LogP contribution in [0, 0.1) is 5.92 Å². The molecule has 0 radical (unpaired) electrons. The zero-order valence-electron chi connectivity index (χ0n) is 10.6. The van der Waals surface area contributed by atoms with Crippen LogP contribution >= 0.6 is 15.9 Å². The quantitative estimate of drug-likeness (QED) is 0.747. The Morgan fingerprint density at radius 2 is 1.82 bits per heavy atom. The summed E-state index contributed by atoms with van der Waals surface area (Å²) in [7, 11) is 0. The number of fused-ring (bicyclic) bond motifs is 1. The fourth-order valence-corrected chi connectivity index (χ4v) is 3.06. The zero-order valence-corrected chi connectivity index (χ0v) is 12.1. The van der Waals surface area contributed by atoms with Gasteiger partial charge in [0.2, 0.25) is 0 Å². The minimum Gasteiger partial charge on any atom is -0.294 e. The highest BCUT2D eigenvalue weighted by Crippen LogP contribution is 2.29. The van der Waals surface area contributed by atoms with E-state index in [1.165, 1.54) is 24.0 Å². The molecule has 0 aliphatic heterocycles. The predicted molar refractivity (Wildman–Crippen MR) is 74.6 cm³/mol. The Morgan fingerprint density at radius 3 is 2.41 bits per heavy atom. The molecule has 2 rings (SSSR count). The SMILES string of the molecule is CC(C)CC(=O)c1cc2c(cc1Br)CCCC2. The number of carbonyl (C=O) groups is 1. The third kappa shape index (κ3) is 2.98. The van der Waals surface area contributed by atoms with Gasteiger partial charge in [0.05, 0.1) is 0 Å². The standard InChI is InChI=1S/C15H19BrO/c1-10(2)7-15(17)13-8-11-5-3-4-6-12(11)9-14(13)16/h8-10H,3-7H2,1-2H3. The molecule has 1 nitrogen and oxygen atoms in total. The molecular weight excluding hydrogens is 276 g/mol. The third-order valence-corrected chi connectivity index (χ3v) is 3.98. The second-order valence-electron chi connectivity index (χ2n) is 5.33. The Labute approximate surface area is 112 Å². The van der Waals surface area contributed by atoms with Crippen molar-refractivity contribution in [3.05, 3.63) is 33.3 Å². The summed E-state index contributed by atoms with van der Waals surface area (Å²) in [6, 6.07) is 4.27. The number of benzene rings is 1. The molecule has 0 fully saturated rings. The molecule has 2 heteroatoms. The largest absolute Gasteiger partial charge is 0.294 e. The van der Waals surface area contributed by atoms with Gasteiger partial charge in [-0.3, -0.25) is 4.79 Å². The lowest BCUT2D eigenvalue weighted by Gasteiger charge is -2.18. The number of rotatable bonds is 3.